The summed E-state index contributed by atoms with van der Waals surface area (Å²) in [7, 11) is 0. The second kappa shape index (κ2) is 6.44. The van der Waals surface area contributed by atoms with Crippen molar-refractivity contribution in [3.8, 4) is 11.7 Å². The van der Waals surface area contributed by atoms with Gasteiger partial charge in [-0.05, 0) is 37.0 Å². The van der Waals surface area contributed by atoms with E-state index in [-0.39, 0.29) is 11.9 Å². The van der Waals surface area contributed by atoms with Gasteiger partial charge in [-0.1, -0.05) is 30.7 Å². The second-order valence-electron chi connectivity index (χ2n) is 5.63. The zero-order valence-electron chi connectivity index (χ0n) is 12.4. The monoisotopic (exact) mass is 319 g/mol. The van der Waals surface area contributed by atoms with E-state index < -0.39 is 0 Å². The minimum atomic E-state index is -0.0825. The van der Waals surface area contributed by atoms with E-state index in [4.69, 9.17) is 20.8 Å². The molecule has 1 aromatic carbocycles. The number of rotatable bonds is 3. The molecule has 0 aliphatic carbocycles. The van der Waals surface area contributed by atoms with E-state index in [9.17, 15) is 4.79 Å². The van der Waals surface area contributed by atoms with Gasteiger partial charge < -0.3 is 14.1 Å². The van der Waals surface area contributed by atoms with Crippen molar-refractivity contribution >= 4 is 17.5 Å². The SMILES string of the molecule is CC1CCN(C(=O)c2ccc(Oc3ccccc3Cl)o2)CC1. The number of likely N-dealkylation sites (tertiary alicyclic amines) is 1. The maximum absolute atomic E-state index is 12.4. The molecule has 1 aromatic heterocycles. The molecule has 0 bridgehead atoms. The van der Waals surface area contributed by atoms with Gasteiger partial charge in [0.2, 0.25) is 0 Å². The molecule has 0 radical (unpaired) electrons. The molecule has 1 aliphatic heterocycles. The number of piperidine rings is 1. The van der Waals surface area contributed by atoms with Crippen molar-refractivity contribution in [1.29, 1.82) is 0 Å². The van der Waals surface area contributed by atoms with Crippen molar-refractivity contribution in [3.63, 3.8) is 0 Å². The number of hydrogen-bond donors (Lipinski definition) is 0. The van der Waals surface area contributed by atoms with Crippen LogP contribution in [-0.4, -0.2) is 23.9 Å². The summed E-state index contributed by atoms with van der Waals surface area (Å²) in [5, 5.41) is 0.497. The highest BCUT2D eigenvalue weighted by Crippen LogP contribution is 2.30. The fraction of sp³-hybridized carbons (Fsp3) is 0.353. The quantitative estimate of drug-likeness (QED) is 0.830. The van der Waals surface area contributed by atoms with Gasteiger partial charge in [-0.25, -0.2) is 0 Å². The Labute approximate surface area is 134 Å². The molecule has 0 N–H and O–H groups in total. The summed E-state index contributed by atoms with van der Waals surface area (Å²) in [5.41, 5.74) is 0. The van der Waals surface area contributed by atoms with E-state index in [1.54, 1.807) is 24.3 Å². The Morgan fingerprint density at radius 3 is 2.68 bits per heavy atom. The third-order valence-electron chi connectivity index (χ3n) is 3.91. The molecule has 1 amide bonds. The topological polar surface area (TPSA) is 42.7 Å². The molecule has 3 rings (SSSR count). The van der Waals surface area contributed by atoms with Gasteiger partial charge in [0.25, 0.3) is 11.9 Å². The van der Waals surface area contributed by atoms with E-state index in [1.807, 2.05) is 17.0 Å². The predicted octanol–water partition coefficient (Wildman–Crippen LogP) is 4.60. The van der Waals surface area contributed by atoms with E-state index in [0.29, 0.717) is 22.5 Å². The average molecular weight is 320 g/mol. The van der Waals surface area contributed by atoms with Crippen molar-refractivity contribution in [2.24, 2.45) is 5.92 Å². The van der Waals surface area contributed by atoms with Crippen LogP contribution >= 0.6 is 11.6 Å². The molecule has 1 saturated heterocycles. The van der Waals surface area contributed by atoms with Crippen LogP contribution in [0, 0.1) is 5.92 Å². The normalized spacial score (nSPS) is 15.8. The number of furan rings is 1. The van der Waals surface area contributed by atoms with Crippen LogP contribution in [0.15, 0.2) is 40.8 Å². The number of hydrogen-bond acceptors (Lipinski definition) is 3. The molecular formula is C17H18ClNO3. The highest BCUT2D eigenvalue weighted by Gasteiger charge is 2.24. The van der Waals surface area contributed by atoms with E-state index >= 15 is 0 Å². The number of amides is 1. The third kappa shape index (κ3) is 3.28. The van der Waals surface area contributed by atoms with Gasteiger partial charge in [-0.3, -0.25) is 4.79 Å². The fourth-order valence-corrected chi connectivity index (χ4v) is 2.67. The van der Waals surface area contributed by atoms with Gasteiger partial charge in [0.15, 0.2) is 5.76 Å². The number of ether oxygens (including phenoxy) is 1. The summed E-state index contributed by atoms with van der Waals surface area (Å²) in [6.07, 6.45) is 2.07. The van der Waals surface area contributed by atoms with Crippen LogP contribution in [0.5, 0.6) is 11.7 Å². The maximum Gasteiger partial charge on any atom is 0.290 e. The molecule has 1 aliphatic rings. The lowest BCUT2D eigenvalue weighted by Crippen LogP contribution is -2.37. The standard InChI is InChI=1S/C17H18ClNO3/c1-12-8-10-19(11-9-12)17(20)15-6-7-16(22-15)21-14-5-3-2-4-13(14)18/h2-7,12H,8-11H2,1H3. The first-order valence-corrected chi connectivity index (χ1v) is 7.83. The summed E-state index contributed by atoms with van der Waals surface area (Å²) >= 11 is 6.04. The molecule has 2 heterocycles. The Balaban J connectivity index is 1.68. The predicted molar refractivity (Wildman–Crippen MR) is 84.5 cm³/mol. The lowest BCUT2D eigenvalue weighted by atomic mass is 9.99. The highest BCUT2D eigenvalue weighted by molar-refractivity contribution is 6.32. The summed E-state index contributed by atoms with van der Waals surface area (Å²) in [5.74, 6) is 1.67. The van der Waals surface area contributed by atoms with Gasteiger partial charge in [0.05, 0.1) is 5.02 Å². The zero-order chi connectivity index (χ0) is 15.5. The summed E-state index contributed by atoms with van der Waals surface area (Å²) < 4.78 is 11.1. The molecule has 1 fully saturated rings. The molecule has 5 heteroatoms. The summed E-state index contributed by atoms with van der Waals surface area (Å²) in [6.45, 7) is 3.77. The first-order chi connectivity index (χ1) is 10.6. The van der Waals surface area contributed by atoms with Crippen molar-refractivity contribution < 1.29 is 13.9 Å². The minimum Gasteiger partial charge on any atom is -0.424 e. The third-order valence-corrected chi connectivity index (χ3v) is 4.22. The van der Waals surface area contributed by atoms with Crippen molar-refractivity contribution in [2.75, 3.05) is 13.1 Å². The number of carbonyl (C=O) groups is 1. The van der Waals surface area contributed by atoms with Crippen LogP contribution in [0.1, 0.15) is 30.3 Å². The molecule has 0 unspecified atom stereocenters. The van der Waals surface area contributed by atoms with Crippen LogP contribution in [0.3, 0.4) is 0 Å². The Morgan fingerprint density at radius 1 is 1.23 bits per heavy atom. The molecule has 0 atom stereocenters. The average Bonchev–Trinajstić information content (AvgIpc) is 2.98. The molecule has 116 valence electrons. The van der Waals surface area contributed by atoms with Gasteiger partial charge >= 0.3 is 0 Å². The van der Waals surface area contributed by atoms with E-state index in [0.717, 1.165) is 25.9 Å². The first-order valence-electron chi connectivity index (χ1n) is 7.45. The smallest absolute Gasteiger partial charge is 0.290 e. The van der Waals surface area contributed by atoms with Crippen LogP contribution < -0.4 is 4.74 Å². The van der Waals surface area contributed by atoms with Crippen LogP contribution in [0.25, 0.3) is 0 Å². The number of para-hydroxylation sites is 1. The lowest BCUT2D eigenvalue weighted by Gasteiger charge is -2.29. The summed E-state index contributed by atoms with van der Waals surface area (Å²) in [6, 6.07) is 10.4. The lowest BCUT2D eigenvalue weighted by molar-refractivity contribution is 0.0660. The van der Waals surface area contributed by atoms with Crippen LogP contribution in [0.4, 0.5) is 0 Å². The number of nitrogens with zero attached hydrogens (tertiary/aromatic N) is 1. The van der Waals surface area contributed by atoms with Gasteiger partial charge in [0, 0.05) is 19.2 Å². The molecule has 22 heavy (non-hydrogen) atoms. The molecular weight excluding hydrogens is 302 g/mol. The van der Waals surface area contributed by atoms with Gasteiger partial charge in [-0.15, -0.1) is 0 Å². The van der Waals surface area contributed by atoms with Crippen LogP contribution in [-0.2, 0) is 0 Å². The van der Waals surface area contributed by atoms with Crippen molar-refractivity contribution in [1.82, 2.24) is 4.90 Å². The highest BCUT2D eigenvalue weighted by atomic mass is 35.5. The first kappa shape index (κ1) is 15.0. The van der Waals surface area contributed by atoms with Crippen molar-refractivity contribution in [3.05, 3.63) is 47.2 Å². The van der Waals surface area contributed by atoms with Gasteiger partial charge in [-0.2, -0.15) is 0 Å². The molecule has 0 spiro atoms. The zero-order valence-corrected chi connectivity index (χ0v) is 13.2. The second-order valence-corrected chi connectivity index (χ2v) is 6.03. The Hall–Kier alpha value is -1.94. The number of carbonyl (C=O) groups excluding carboxylic acids is 1. The van der Waals surface area contributed by atoms with E-state index in [2.05, 4.69) is 6.92 Å². The molecule has 2 aromatic rings. The van der Waals surface area contributed by atoms with Crippen LogP contribution in [0.2, 0.25) is 5.02 Å². The summed E-state index contributed by atoms with van der Waals surface area (Å²) in [4.78, 5) is 14.2. The Bertz CT molecular complexity index is 659. The molecule has 4 nitrogen and oxygen atoms in total. The van der Waals surface area contributed by atoms with Crippen molar-refractivity contribution in [2.45, 2.75) is 19.8 Å². The number of halogens is 1. The minimum absolute atomic E-state index is 0.0825. The van der Waals surface area contributed by atoms with E-state index in [1.165, 1.54) is 0 Å². The Morgan fingerprint density at radius 2 is 1.95 bits per heavy atom. The largest absolute Gasteiger partial charge is 0.424 e. The fourth-order valence-electron chi connectivity index (χ4n) is 2.49. The number of benzene rings is 1. The maximum atomic E-state index is 12.4. The van der Waals surface area contributed by atoms with Gasteiger partial charge in [0.1, 0.15) is 5.75 Å². The Kier molecular flexibility index (Phi) is 4.39. The molecule has 0 saturated carbocycles.